The van der Waals surface area contributed by atoms with Crippen molar-refractivity contribution in [1.29, 1.82) is 0 Å². The molecule has 0 spiro atoms. The minimum Gasteiger partial charge on any atom is -0.381 e. The summed E-state index contributed by atoms with van der Waals surface area (Å²) in [6, 6.07) is 4.51. The van der Waals surface area contributed by atoms with E-state index in [9.17, 15) is 4.79 Å². The van der Waals surface area contributed by atoms with E-state index in [0.717, 1.165) is 18.7 Å². The normalized spacial score (nSPS) is 21.4. The SMILES string of the molecule is CC(CC1CCCN1)Nc1ccc(=O)n(C)c1. The molecule has 2 heterocycles. The van der Waals surface area contributed by atoms with Crippen LogP contribution in [-0.4, -0.2) is 23.2 Å². The van der Waals surface area contributed by atoms with Gasteiger partial charge in [0.05, 0.1) is 5.69 Å². The van der Waals surface area contributed by atoms with Crippen LogP contribution in [0.15, 0.2) is 23.1 Å². The van der Waals surface area contributed by atoms with Gasteiger partial charge in [-0.05, 0) is 38.8 Å². The summed E-state index contributed by atoms with van der Waals surface area (Å²) in [4.78, 5) is 11.3. The topological polar surface area (TPSA) is 46.1 Å². The summed E-state index contributed by atoms with van der Waals surface area (Å²) < 4.78 is 1.60. The molecule has 2 unspecified atom stereocenters. The maximum absolute atomic E-state index is 11.3. The Labute approximate surface area is 102 Å². The van der Waals surface area contributed by atoms with Crippen molar-refractivity contribution < 1.29 is 0 Å². The summed E-state index contributed by atoms with van der Waals surface area (Å²) in [5.74, 6) is 0. The third-order valence-corrected chi connectivity index (χ3v) is 3.30. The number of rotatable bonds is 4. The van der Waals surface area contributed by atoms with Gasteiger partial charge in [0, 0.05) is 31.4 Å². The minimum absolute atomic E-state index is 0.0284. The first-order chi connectivity index (χ1) is 8.15. The molecular weight excluding hydrogens is 214 g/mol. The van der Waals surface area contributed by atoms with E-state index in [2.05, 4.69) is 17.6 Å². The van der Waals surface area contributed by atoms with Crippen molar-refractivity contribution in [1.82, 2.24) is 9.88 Å². The average molecular weight is 235 g/mol. The van der Waals surface area contributed by atoms with E-state index < -0.39 is 0 Å². The Bertz CT molecular complexity index is 421. The van der Waals surface area contributed by atoms with E-state index >= 15 is 0 Å². The Hall–Kier alpha value is -1.29. The number of hydrogen-bond donors (Lipinski definition) is 2. The Morgan fingerprint density at radius 2 is 2.41 bits per heavy atom. The Morgan fingerprint density at radius 1 is 1.59 bits per heavy atom. The largest absolute Gasteiger partial charge is 0.381 e. The van der Waals surface area contributed by atoms with Gasteiger partial charge in [0.25, 0.3) is 0 Å². The third-order valence-electron chi connectivity index (χ3n) is 3.30. The van der Waals surface area contributed by atoms with Gasteiger partial charge in [0.2, 0.25) is 5.56 Å². The van der Waals surface area contributed by atoms with Crippen molar-refractivity contribution in [3.05, 3.63) is 28.7 Å². The predicted octanol–water partition coefficient (Wildman–Crippen LogP) is 1.33. The number of anilines is 1. The summed E-state index contributed by atoms with van der Waals surface area (Å²) in [5, 5.41) is 6.94. The van der Waals surface area contributed by atoms with Gasteiger partial charge < -0.3 is 15.2 Å². The second-order valence-corrected chi connectivity index (χ2v) is 4.94. The third kappa shape index (κ3) is 3.33. The van der Waals surface area contributed by atoms with Crippen LogP contribution < -0.4 is 16.2 Å². The van der Waals surface area contributed by atoms with Crippen LogP contribution in [0.1, 0.15) is 26.2 Å². The molecule has 4 nitrogen and oxygen atoms in total. The highest BCUT2D eigenvalue weighted by Crippen LogP contribution is 2.14. The number of nitrogens with one attached hydrogen (secondary N) is 2. The van der Waals surface area contributed by atoms with Crippen LogP contribution in [0, 0.1) is 0 Å². The van der Waals surface area contributed by atoms with E-state index in [1.54, 1.807) is 17.7 Å². The Morgan fingerprint density at radius 3 is 3.06 bits per heavy atom. The Balaban J connectivity index is 1.90. The molecule has 17 heavy (non-hydrogen) atoms. The lowest BCUT2D eigenvalue weighted by molar-refractivity contribution is 0.523. The van der Waals surface area contributed by atoms with E-state index in [-0.39, 0.29) is 5.56 Å². The van der Waals surface area contributed by atoms with Crippen LogP contribution in [-0.2, 0) is 7.05 Å². The first-order valence-corrected chi connectivity index (χ1v) is 6.32. The second kappa shape index (κ2) is 5.36. The molecular formula is C13H21N3O. The van der Waals surface area contributed by atoms with Crippen molar-refractivity contribution in [2.45, 2.75) is 38.3 Å². The zero-order valence-electron chi connectivity index (χ0n) is 10.6. The van der Waals surface area contributed by atoms with Crippen molar-refractivity contribution in [3.63, 3.8) is 0 Å². The number of hydrogen-bond acceptors (Lipinski definition) is 3. The first-order valence-electron chi connectivity index (χ1n) is 6.32. The van der Waals surface area contributed by atoms with Gasteiger partial charge in [-0.25, -0.2) is 0 Å². The van der Waals surface area contributed by atoms with Gasteiger partial charge in [0.1, 0.15) is 0 Å². The molecule has 2 atom stereocenters. The summed E-state index contributed by atoms with van der Waals surface area (Å²) in [6.07, 6.45) is 5.54. The van der Waals surface area contributed by atoms with Gasteiger partial charge in [-0.1, -0.05) is 0 Å². The smallest absolute Gasteiger partial charge is 0.250 e. The van der Waals surface area contributed by atoms with Crippen molar-refractivity contribution in [3.8, 4) is 0 Å². The van der Waals surface area contributed by atoms with Crippen LogP contribution in [0.4, 0.5) is 5.69 Å². The molecule has 2 rings (SSSR count). The van der Waals surface area contributed by atoms with E-state index in [1.165, 1.54) is 12.8 Å². The molecule has 1 aliphatic rings. The maximum Gasteiger partial charge on any atom is 0.250 e. The number of aryl methyl sites for hydroxylation is 1. The summed E-state index contributed by atoms with van der Waals surface area (Å²) in [5.41, 5.74) is 1.04. The van der Waals surface area contributed by atoms with Gasteiger partial charge in [-0.3, -0.25) is 4.79 Å². The van der Waals surface area contributed by atoms with Gasteiger partial charge in [-0.15, -0.1) is 0 Å². The molecule has 1 aliphatic heterocycles. The lowest BCUT2D eigenvalue weighted by Gasteiger charge is -2.19. The summed E-state index contributed by atoms with van der Waals surface area (Å²) in [7, 11) is 1.77. The van der Waals surface area contributed by atoms with Crippen molar-refractivity contribution in [2.75, 3.05) is 11.9 Å². The Kier molecular flexibility index (Phi) is 3.84. The fourth-order valence-electron chi connectivity index (χ4n) is 2.41. The maximum atomic E-state index is 11.3. The highest BCUT2D eigenvalue weighted by atomic mass is 16.1. The molecule has 0 bridgehead atoms. The van der Waals surface area contributed by atoms with Crippen LogP contribution in [0.3, 0.4) is 0 Å². The molecule has 94 valence electrons. The number of nitrogens with zero attached hydrogens (tertiary/aromatic N) is 1. The van der Waals surface area contributed by atoms with Gasteiger partial charge >= 0.3 is 0 Å². The zero-order chi connectivity index (χ0) is 12.3. The molecule has 0 aliphatic carbocycles. The standard InChI is InChI=1S/C13H21N3O/c1-10(8-11-4-3-7-14-11)15-12-5-6-13(17)16(2)9-12/h5-6,9-11,14-15H,3-4,7-8H2,1-2H3. The van der Waals surface area contributed by atoms with Crippen molar-refractivity contribution >= 4 is 5.69 Å². The molecule has 0 aromatic carbocycles. The highest BCUT2D eigenvalue weighted by Gasteiger charge is 2.16. The van der Waals surface area contributed by atoms with Crippen LogP contribution in [0.25, 0.3) is 0 Å². The van der Waals surface area contributed by atoms with Gasteiger partial charge in [0.15, 0.2) is 0 Å². The summed E-state index contributed by atoms with van der Waals surface area (Å²) in [6.45, 7) is 3.34. The molecule has 4 heteroatoms. The van der Waals surface area contributed by atoms with E-state index in [0.29, 0.717) is 12.1 Å². The number of aromatic nitrogens is 1. The molecule has 2 N–H and O–H groups in total. The zero-order valence-corrected chi connectivity index (χ0v) is 10.6. The highest BCUT2D eigenvalue weighted by molar-refractivity contribution is 5.41. The fraction of sp³-hybridized carbons (Fsp3) is 0.615. The molecule has 0 amide bonds. The number of pyridine rings is 1. The molecule has 0 saturated carbocycles. The minimum atomic E-state index is 0.0284. The fourth-order valence-corrected chi connectivity index (χ4v) is 2.41. The lowest BCUT2D eigenvalue weighted by atomic mass is 10.1. The predicted molar refractivity (Wildman–Crippen MR) is 70.4 cm³/mol. The van der Waals surface area contributed by atoms with Crippen LogP contribution in [0.2, 0.25) is 0 Å². The molecule has 0 radical (unpaired) electrons. The van der Waals surface area contributed by atoms with E-state index in [4.69, 9.17) is 0 Å². The van der Waals surface area contributed by atoms with Crippen LogP contribution >= 0.6 is 0 Å². The second-order valence-electron chi connectivity index (χ2n) is 4.94. The monoisotopic (exact) mass is 235 g/mol. The quantitative estimate of drug-likeness (QED) is 0.827. The molecule has 1 aromatic rings. The van der Waals surface area contributed by atoms with Crippen LogP contribution in [0.5, 0.6) is 0 Å². The first kappa shape index (κ1) is 12.2. The molecule has 1 fully saturated rings. The average Bonchev–Trinajstić information content (AvgIpc) is 2.76. The van der Waals surface area contributed by atoms with E-state index in [1.807, 2.05) is 12.3 Å². The van der Waals surface area contributed by atoms with Crippen molar-refractivity contribution in [2.24, 2.45) is 7.05 Å². The summed E-state index contributed by atoms with van der Waals surface area (Å²) >= 11 is 0. The van der Waals surface area contributed by atoms with Gasteiger partial charge in [-0.2, -0.15) is 0 Å². The molecule has 1 saturated heterocycles. The lowest BCUT2D eigenvalue weighted by Crippen LogP contribution is -2.29. The molecule has 1 aromatic heterocycles.